The van der Waals surface area contributed by atoms with Crippen molar-refractivity contribution in [1.82, 2.24) is 0 Å². The van der Waals surface area contributed by atoms with Gasteiger partial charge in [-0.05, 0) is 51.2 Å². The van der Waals surface area contributed by atoms with Gasteiger partial charge in [0.1, 0.15) is 0 Å². The van der Waals surface area contributed by atoms with Crippen LogP contribution >= 0.6 is 0 Å². The Labute approximate surface area is 83.0 Å². The van der Waals surface area contributed by atoms with Crippen LogP contribution in [0.5, 0.6) is 0 Å². The maximum atomic E-state index is 3.20. The molecule has 1 unspecified atom stereocenters. The molecule has 0 amide bonds. The van der Waals surface area contributed by atoms with Crippen molar-refractivity contribution in [3.05, 3.63) is 29.0 Å². The first-order chi connectivity index (χ1) is 6.11. The maximum absolute atomic E-state index is 3.20. The Bertz CT molecular complexity index is 224. The van der Waals surface area contributed by atoms with E-state index in [-0.39, 0.29) is 0 Å². The molecule has 0 nitrogen and oxygen atoms in total. The first-order valence-corrected chi connectivity index (χ1v) is 5.15. The second-order valence-electron chi connectivity index (χ2n) is 3.67. The van der Waals surface area contributed by atoms with Crippen LogP contribution in [0.2, 0.25) is 0 Å². The van der Waals surface area contributed by atoms with E-state index in [1.165, 1.54) is 17.6 Å². The second-order valence-corrected chi connectivity index (χ2v) is 3.67. The lowest BCUT2D eigenvalue weighted by atomic mass is 9.98. The van der Waals surface area contributed by atoms with E-state index in [2.05, 4.69) is 39.5 Å². The minimum absolute atomic E-state index is 0.721. The summed E-state index contributed by atoms with van der Waals surface area (Å²) < 4.78 is 0. The van der Waals surface area contributed by atoms with E-state index in [1.807, 2.05) is 13.0 Å². The second kappa shape index (κ2) is 6.74. The summed E-state index contributed by atoms with van der Waals surface area (Å²) in [5, 5.41) is 0. The van der Waals surface area contributed by atoms with Crippen LogP contribution in [0.1, 0.15) is 47.5 Å². The van der Waals surface area contributed by atoms with Gasteiger partial charge in [0.15, 0.2) is 0 Å². The minimum Gasteiger partial charge on any atom is -0.126 e. The largest absolute Gasteiger partial charge is 0.126 e. The van der Waals surface area contributed by atoms with Crippen LogP contribution in [0.25, 0.3) is 0 Å². The van der Waals surface area contributed by atoms with Crippen molar-refractivity contribution in [3.63, 3.8) is 0 Å². The van der Waals surface area contributed by atoms with Gasteiger partial charge >= 0.3 is 0 Å². The molecule has 0 spiro atoms. The summed E-state index contributed by atoms with van der Waals surface area (Å²) in [4.78, 5) is 0. The molecular formula is C13H22. The molecule has 0 fully saturated rings. The minimum atomic E-state index is 0.721. The van der Waals surface area contributed by atoms with Crippen LogP contribution in [0, 0.1) is 5.92 Å². The molecule has 0 heterocycles. The van der Waals surface area contributed by atoms with Gasteiger partial charge < -0.3 is 0 Å². The molecule has 0 aromatic carbocycles. The predicted molar refractivity (Wildman–Crippen MR) is 60.8 cm³/mol. The molecule has 0 saturated carbocycles. The summed E-state index contributed by atoms with van der Waals surface area (Å²) in [7, 11) is 0. The van der Waals surface area contributed by atoms with E-state index in [9.17, 15) is 0 Å². The predicted octanol–water partition coefficient (Wildman–Crippen LogP) is 4.49. The van der Waals surface area contributed by atoms with Crippen LogP contribution in [0.15, 0.2) is 29.0 Å². The SMILES string of the molecule is CC=C=C(C)CC=C(C)C(C)CC. The zero-order valence-corrected chi connectivity index (χ0v) is 9.65. The van der Waals surface area contributed by atoms with E-state index < -0.39 is 0 Å². The molecule has 0 aliphatic rings. The molecule has 0 saturated heterocycles. The Morgan fingerprint density at radius 2 is 2.00 bits per heavy atom. The van der Waals surface area contributed by atoms with Crippen molar-refractivity contribution in [2.24, 2.45) is 5.92 Å². The van der Waals surface area contributed by atoms with E-state index >= 15 is 0 Å². The molecule has 0 aliphatic carbocycles. The van der Waals surface area contributed by atoms with Crippen LogP contribution in [0.4, 0.5) is 0 Å². The van der Waals surface area contributed by atoms with Crippen LogP contribution in [0.3, 0.4) is 0 Å². The van der Waals surface area contributed by atoms with Gasteiger partial charge in [-0.1, -0.05) is 25.5 Å². The molecule has 0 heteroatoms. The fraction of sp³-hybridized carbons (Fsp3) is 0.615. The van der Waals surface area contributed by atoms with Gasteiger partial charge in [-0.15, -0.1) is 5.73 Å². The Morgan fingerprint density at radius 1 is 1.38 bits per heavy atom. The molecule has 0 aromatic rings. The van der Waals surface area contributed by atoms with Crippen molar-refractivity contribution in [2.75, 3.05) is 0 Å². The molecule has 1 atom stereocenters. The molecule has 0 aromatic heterocycles. The average molecular weight is 178 g/mol. The summed E-state index contributed by atoms with van der Waals surface area (Å²) in [5.74, 6) is 0.721. The third-order valence-corrected chi connectivity index (χ3v) is 2.51. The molecular weight excluding hydrogens is 156 g/mol. The van der Waals surface area contributed by atoms with Gasteiger partial charge in [-0.3, -0.25) is 0 Å². The monoisotopic (exact) mass is 178 g/mol. The number of hydrogen-bond acceptors (Lipinski definition) is 0. The fourth-order valence-corrected chi connectivity index (χ4v) is 1.14. The highest BCUT2D eigenvalue weighted by Gasteiger charge is 1.99. The number of allylic oxidation sites excluding steroid dienone is 3. The van der Waals surface area contributed by atoms with Crippen LogP contribution in [-0.2, 0) is 0 Å². The molecule has 0 bridgehead atoms. The smallest absolute Gasteiger partial charge is 0.00628 e. The highest BCUT2D eigenvalue weighted by molar-refractivity contribution is 5.10. The Morgan fingerprint density at radius 3 is 2.46 bits per heavy atom. The van der Waals surface area contributed by atoms with Gasteiger partial charge in [0.2, 0.25) is 0 Å². The normalized spacial score (nSPS) is 13.5. The fourth-order valence-electron chi connectivity index (χ4n) is 1.14. The Kier molecular flexibility index (Phi) is 6.36. The van der Waals surface area contributed by atoms with Crippen molar-refractivity contribution in [2.45, 2.75) is 47.5 Å². The first-order valence-electron chi connectivity index (χ1n) is 5.15. The van der Waals surface area contributed by atoms with Crippen LogP contribution in [-0.4, -0.2) is 0 Å². The highest BCUT2D eigenvalue weighted by atomic mass is 14.0. The first kappa shape index (κ1) is 12.3. The highest BCUT2D eigenvalue weighted by Crippen LogP contribution is 2.15. The Balaban J connectivity index is 4.19. The lowest BCUT2D eigenvalue weighted by Crippen LogP contribution is -1.93. The molecule has 0 rings (SSSR count). The summed E-state index contributed by atoms with van der Waals surface area (Å²) >= 11 is 0. The van der Waals surface area contributed by atoms with Gasteiger partial charge in [-0.2, -0.15) is 0 Å². The zero-order valence-electron chi connectivity index (χ0n) is 9.65. The van der Waals surface area contributed by atoms with Gasteiger partial charge in [0.25, 0.3) is 0 Å². The Hall–Kier alpha value is -0.740. The lowest BCUT2D eigenvalue weighted by molar-refractivity contribution is 0.652. The van der Waals surface area contributed by atoms with Crippen LogP contribution < -0.4 is 0 Å². The average Bonchev–Trinajstić information content (AvgIpc) is 2.13. The van der Waals surface area contributed by atoms with Crippen molar-refractivity contribution in [3.8, 4) is 0 Å². The van der Waals surface area contributed by atoms with E-state index in [0.29, 0.717) is 0 Å². The van der Waals surface area contributed by atoms with Crippen molar-refractivity contribution >= 4 is 0 Å². The summed E-state index contributed by atoms with van der Waals surface area (Å²) in [6, 6.07) is 0. The molecule has 0 aliphatic heterocycles. The molecule has 13 heavy (non-hydrogen) atoms. The number of hydrogen-bond donors (Lipinski definition) is 0. The third kappa shape index (κ3) is 5.49. The van der Waals surface area contributed by atoms with Gasteiger partial charge in [-0.25, -0.2) is 0 Å². The van der Waals surface area contributed by atoms with Gasteiger partial charge in [0, 0.05) is 0 Å². The molecule has 0 radical (unpaired) electrons. The quantitative estimate of drug-likeness (QED) is 0.439. The zero-order chi connectivity index (χ0) is 10.3. The van der Waals surface area contributed by atoms with Crippen molar-refractivity contribution < 1.29 is 0 Å². The summed E-state index contributed by atoms with van der Waals surface area (Å²) in [6.07, 6.45) is 6.57. The summed E-state index contributed by atoms with van der Waals surface area (Å²) in [5.41, 5.74) is 6.01. The van der Waals surface area contributed by atoms with E-state index in [1.54, 1.807) is 0 Å². The third-order valence-electron chi connectivity index (χ3n) is 2.51. The maximum Gasteiger partial charge on any atom is -0.00628 e. The van der Waals surface area contributed by atoms with E-state index in [4.69, 9.17) is 0 Å². The molecule has 0 N–H and O–H groups in total. The summed E-state index contributed by atoms with van der Waals surface area (Å²) in [6.45, 7) is 10.9. The van der Waals surface area contributed by atoms with E-state index in [0.717, 1.165) is 12.3 Å². The van der Waals surface area contributed by atoms with Crippen molar-refractivity contribution in [1.29, 1.82) is 0 Å². The van der Waals surface area contributed by atoms with Gasteiger partial charge in [0.05, 0.1) is 0 Å². The topological polar surface area (TPSA) is 0 Å². The standard InChI is InChI=1S/C13H22/c1-6-8-11(3)9-10-13(5)12(4)7-2/h6,10,12H,7,9H2,1-5H3. The number of rotatable bonds is 4. The lowest BCUT2D eigenvalue weighted by Gasteiger charge is -2.08. The molecule has 74 valence electrons.